The fourth-order valence-electron chi connectivity index (χ4n) is 2.38. The molecule has 2 unspecified atom stereocenters. The average molecular weight is 457 g/mol. The molecule has 8 heteroatoms. The number of nitrogens with two attached hydrogens (primary N) is 1. The second kappa shape index (κ2) is 8.77. The predicted octanol–water partition coefficient (Wildman–Crippen LogP) is 4.01. The normalized spacial score (nSPS) is 20.5. The Balaban J connectivity index is 0.00000288. The van der Waals surface area contributed by atoms with Crippen molar-refractivity contribution in [2.45, 2.75) is 45.0 Å². The van der Waals surface area contributed by atoms with Gasteiger partial charge in [-0.15, -0.1) is 37.1 Å². The van der Waals surface area contributed by atoms with E-state index in [1.54, 1.807) is 12.1 Å². The van der Waals surface area contributed by atoms with Gasteiger partial charge < -0.3 is 15.8 Å². The molecule has 24 heavy (non-hydrogen) atoms. The molecule has 1 aliphatic carbocycles. The summed E-state index contributed by atoms with van der Waals surface area (Å²) < 4.78 is 41.4. The van der Waals surface area contributed by atoms with Crippen LogP contribution in [0.2, 0.25) is 0 Å². The van der Waals surface area contributed by atoms with Crippen LogP contribution in [0.1, 0.15) is 38.2 Å². The second-order valence-electron chi connectivity index (χ2n) is 6.13. The van der Waals surface area contributed by atoms with Gasteiger partial charge in [-0.25, -0.2) is 0 Å². The number of guanidine groups is 1. The maximum atomic E-state index is 12.4. The van der Waals surface area contributed by atoms with Gasteiger partial charge in [-0.2, -0.15) is 0 Å². The molecule has 0 aliphatic heterocycles. The van der Waals surface area contributed by atoms with Crippen LogP contribution in [0.15, 0.2) is 29.3 Å². The minimum absolute atomic E-state index is 0. The van der Waals surface area contributed by atoms with E-state index in [1.165, 1.54) is 12.1 Å². The number of aliphatic imine (C=N–C) groups is 1. The quantitative estimate of drug-likeness (QED) is 0.386. The molecule has 0 bridgehead atoms. The topological polar surface area (TPSA) is 59.6 Å². The summed E-state index contributed by atoms with van der Waals surface area (Å²) in [7, 11) is 0. The summed E-state index contributed by atoms with van der Waals surface area (Å²) in [5.41, 5.74) is 6.35. The van der Waals surface area contributed by atoms with Gasteiger partial charge in [0.15, 0.2) is 5.96 Å². The highest BCUT2D eigenvalue weighted by molar-refractivity contribution is 14.0. The van der Waals surface area contributed by atoms with Gasteiger partial charge in [-0.1, -0.05) is 32.0 Å². The number of hydrogen-bond acceptors (Lipinski definition) is 2. The Morgan fingerprint density at radius 1 is 1.38 bits per heavy atom. The molecule has 1 saturated carbocycles. The first-order chi connectivity index (χ1) is 10.8. The number of nitrogens with one attached hydrogen (secondary N) is 1. The lowest BCUT2D eigenvalue weighted by molar-refractivity contribution is -0.274. The molecule has 0 heterocycles. The van der Waals surface area contributed by atoms with E-state index in [4.69, 9.17) is 5.73 Å². The fourth-order valence-corrected chi connectivity index (χ4v) is 2.38. The number of hydrogen-bond donors (Lipinski definition) is 2. The van der Waals surface area contributed by atoms with E-state index < -0.39 is 6.36 Å². The van der Waals surface area contributed by atoms with Crippen molar-refractivity contribution in [3.05, 3.63) is 29.8 Å². The summed E-state index contributed by atoms with van der Waals surface area (Å²) >= 11 is 0. The van der Waals surface area contributed by atoms with Gasteiger partial charge in [0.2, 0.25) is 0 Å². The lowest BCUT2D eigenvalue weighted by atomic mass is 10.1. The summed E-state index contributed by atoms with van der Waals surface area (Å²) in [6, 6.07) is 6.21. The Kier molecular flexibility index (Phi) is 7.62. The molecule has 4 nitrogen and oxygen atoms in total. The van der Waals surface area contributed by atoms with E-state index in [2.05, 4.69) is 28.9 Å². The third-order valence-corrected chi connectivity index (χ3v) is 3.66. The molecule has 0 saturated heterocycles. The molecule has 1 fully saturated rings. The molecule has 0 amide bonds. The zero-order valence-electron chi connectivity index (χ0n) is 13.6. The van der Waals surface area contributed by atoms with Crippen LogP contribution in [-0.4, -0.2) is 24.9 Å². The minimum atomic E-state index is -4.69. The highest BCUT2D eigenvalue weighted by Crippen LogP contribution is 2.45. The lowest BCUT2D eigenvalue weighted by Gasteiger charge is -2.13. The standard InChI is InChI=1S/C16H22F3N3O.HI/c1-10(2)7-8-21-15(20)22-13-9-12(13)11-5-3-4-6-14(11)23-16(17,18)19;/h3-6,10,12-13H,7-9H2,1-2H3,(H3,20,21,22);1H. The van der Waals surface area contributed by atoms with Gasteiger partial charge in [0.1, 0.15) is 5.75 Å². The number of benzene rings is 1. The van der Waals surface area contributed by atoms with Crippen molar-refractivity contribution >= 4 is 29.9 Å². The largest absolute Gasteiger partial charge is 0.573 e. The second-order valence-corrected chi connectivity index (χ2v) is 6.13. The minimum Gasteiger partial charge on any atom is -0.405 e. The first kappa shape index (κ1) is 20.9. The van der Waals surface area contributed by atoms with Crippen LogP contribution in [0.3, 0.4) is 0 Å². The molecule has 1 aliphatic rings. The molecular formula is C16H23F3IN3O. The molecule has 0 radical (unpaired) electrons. The van der Waals surface area contributed by atoms with Crippen LogP contribution in [0.5, 0.6) is 5.75 Å². The first-order valence-corrected chi connectivity index (χ1v) is 7.67. The zero-order valence-corrected chi connectivity index (χ0v) is 16.0. The van der Waals surface area contributed by atoms with Gasteiger partial charge >= 0.3 is 6.36 Å². The summed E-state index contributed by atoms with van der Waals surface area (Å²) in [6.07, 6.45) is -3.04. The molecule has 1 aromatic rings. The van der Waals surface area contributed by atoms with Crippen molar-refractivity contribution in [2.75, 3.05) is 6.54 Å². The van der Waals surface area contributed by atoms with Gasteiger partial charge in [0, 0.05) is 18.5 Å². The van der Waals surface area contributed by atoms with Crippen LogP contribution in [0, 0.1) is 5.92 Å². The Bertz CT molecular complexity index is 564. The molecule has 2 atom stereocenters. The van der Waals surface area contributed by atoms with Crippen molar-refractivity contribution in [1.82, 2.24) is 5.32 Å². The maximum absolute atomic E-state index is 12.4. The van der Waals surface area contributed by atoms with Gasteiger partial charge in [0.25, 0.3) is 0 Å². The van der Waals surface area contributed by atoms with Crippen molar-refractivity contribution in [2.24, 2.45) is 16.6 Å². The van der Waals surface area contributed by atoms with Gasteiger partial charge in [-0.3, -0.25) is 4.99 Å². The van der Waals surface area contributed by atoms with E-state index in [9.17, 15) is 13.2 Å². The zero-order chi connectivity index (χ0) is 17.0. The monoisotopic (exact) mass is 457 g/mol. The summed E-state index contributed by atoms with van der Waals surface area (Å²) in [6.45, 7) is 4.85. The third kappa shape index (κ3) is 6.74. The predicted molar refractivity (Wildman–Crippen MR) is 98.8 cm³/mol. The van der Waals surface area contributed by atoms with Crippen LogP contribution in [0.4, 0.5) is 13.2 Å². The van der Waals surface area contributed by atoms with Gasteiger partial charge in [-0.05, 0) is 30.4 Å². The van der Waals surface area contributed by atoms with Crippen LogP contribution < -0.4 is 15.8 Å². The number of para-hydroxylation sites is 1. The number of nitrogens with zero attached hydrogens (tertiary/aromatic N) is 1. The average Bonchev–Trinajstić information content (AvgIpc) is 3.16. The molecule has 1 aromatic carbocycles. The van der Waals surface area contributed by atoms with Crippen molar-refractivity contribution < 1.29 is 17.9 Å². The summed E-state index contributed by atoms with van der Waals surface area (Å²) in [5, 5.41) is 3.06. The molecule has 0 spiro atoms. The summed E-state index contributed by atoms with van der Waals surface area (Å²) in [5.74, 6) is 0.691. The van der Waals surface area contributed by atoms with Gasteiger partial charge in [0.05, 0.1) is 0 Å². The maximum Gasteiger partial charge on any atom is 0.573 e. The van der Waals surface area contributed by atoms with Crippen molar-refractivity contribution in [1.29, 1.82) is 0 Å². The number of ether oxygens (including phenoxy) is 1. The molecule has 0 aromatic heterocycles. The lowest BCUT2D eigenvalue weighted by Crippen LogP contribution is -2.34. The smallest absolute Gasteiger partial charge is 0.405 e. The molecular weight excluding hydrogens is 434 g/mol. The molecule has 136 valence electrons. The highest BCUT2D eigenvalue weighted by atomic mass is 127. The number of rotatable bonds is 6. The number of alkyl halides is 3. The van der Waals surface area contributed by atoms with Crippen LogP contribution in [0.25, 0.3) is 0 Å². The molecule has 3 N–H and O–H groups in total. The first-order valence-electron chi connectivity index (χ1n) is 7.67. The Hall–Kier alpha value is -1.19. The SMILES string of the molecule is CC(C)CCN=C(N)NC1CC1c1ccccc1OC(F)(F)F.I. The van der Waals surface area contributed by atoms with E-state index in [0.717, 1.165) is 6.42 Å². The number of halogens is 4. The summed E-state index contributed by atoms with van der Waals surface area (Å²) in [4.78, 5) is 4.23. The Morgan fingerprint density at radius 3 is 2.67 bits per heavy atom. The Labute approximate surface area is 157 Å². The highest BCUT2D eigenvalue weighted by Gasteiger charge is 2.42. The van der Waals surface area contributed by atoms with Crippen LogP contribution >= 0.6 is 24.0 Å². The molecule has 2 rings (SSSR count). The van der Waals surface area contributed by atoms with E-state index >= 15 is 0 Å². The van der Waals surface area contributed by atoms with E-state index in [0.29, 0.717) is 30.4 Å². The fraction of sp³-hybridized carbons (Fsp3) is 0.562. The third-order valence-electron chi connectivity index (χ3n) is 3.66. The van der Waals surface area contributed by atoms with Crippen molar-refractivity contribution in [3.8, 4) is 5.75 Å². The van der Waals surface area contributed by atoms with E-state index in [1.807, 2.05) is 0 Å². The Morgan fingerprint density at radius 2 is 2.04 bits per heavy atom. The van der Waals surface area contributed by atoms with Crippen molar-refractivity contribution in [3.63, 3.8) is 0 Å². The van der Waals surface area contributed by atoms with Crippen LogP contribution in [-0.2, 0) is 0 Å². The van der Waals surface area contributed by atoms with E-state index in [-0.39, 0.29) is 41.7 Å².